The highest BCUT2D eigenvalue weighted by atomic mass is 16.5. The Balaban J connectivity index is 2.35. The third-order valence-electron chi connectivity index (χ3n) is 3.18. The number of hydrogen-bond donors (Lipinski definition) is 0. The topological polar surface area (TPSA) is 48.0 Å². The van der Waals surface area contributed by atoms with Crippen LogP contribution in [0.25, 0.3) is 0 Å². The normalized spacial score (nSPS) is 20.6. The van der Waals surface area contributed by atoms with Crippen molar-refractivity contribution in [1.82, 2.24) is 4.90 Å². The van der Waals surface area contributed by atoms with Crippen LogP contribution in [0.5, 0.6) is 0 Å². The maximum Gasteiger partial charge on any atom is 0.141 e. The van der Waals surface area contributed by atoms with Crippen LogP contribution in [-0.2, 0) is 19.0 Å². The van der Waals surface area contributed by atoms with Crippen molar-refractivity contribution >= 4 is 5.78 Å². The number of Topliss-reactive ketones (excluding diaryl/α,β-unsaturated/α-hetero) is 1. The number of rotatable bonds is 9. The predicted molar refractivity (Wildman–Crippen MR) is 68.7 cm³/mol. The summed E-state index contributed by atoms with van der Waals surface area (Å²) in [5.74, 6) is 0.355. The molecule has 1 atom stereocenters. The average molecular weight is 259 g/mol. The molecule has 18 heavy (non-hydrogen) atoms. The Kier molecular flexibility index (Phi) is 8.17. The lowest BCUT2D eigenvalue weighted by atomic mass is 10.00. The SMILES string of the molecule is COCCCN(CCOC)CC1COCCC1=O. The van der Waals surface area contributed by atoms with Gasteiger partial charge in [-0.15, -0.1) is 0 Å². The van der Waals surface area contributed by atoms with Gasteiger partial charge < -0.3 is 19.1 Å². The van der Waals surface area contributed by atoms with E-state index < -0.39 is 0 Å². The maximum absolute atomic E-state index is 11.8. The van der Waals surface area contributed by atoms with E-state index in [1.165, 1.54) is 0 Å². The fourth-order valence-corrected chi connectivity index (χ4v) is 2.11. The van der Waals surface area contributed by atoms with Crippen molar-refractivity contribution in [3.8, 4) is 0 Å². The summed E-state index contributed by atoms with van der Waals surface area (Å²) in [4.78, 5) is 14.0. The molecule has 1 aliphatic rings. The summed E-state index contributed by atoms with van der Waals surface area (Å²) < 4.78 is 15.5. The lowest BCUT2D eigenvalue weighted by Crippen LogP contribution is -2.40. The number of carbonyl (C=O) groups excluding carboxylic acids is 1. The third kappa shape index (κ3) is 5.91. The van der Waals surface area contributed by atoms with Crippen LogP contribution in [0.4, 0.5) is 0 Å². The molecule has 5 nitrogen and oxygen atoms in total. The summed E-state index contributed by atoms with van der Waals surface area (Å²) in [5, 5.41) is 0. The molecule has 0 amide bonds. The zero-order valence-corrected chi connectivity index (χ0v) is 11.5. The van der Waals surface area contributed by atoms with Gasteiger partial charge in [-0.2, -0.15) is 0 Å². The predicted octanol–water partition coefficient (Wildman–Crippen LogP) is 0.577. The molecular weight excluding hydrogens is 234 g/mol. The minimum absolute atomic E-state index is 0.0261. The molecule has 1 heterocycles. The number of carbonyl (C=O) groups is 1. The van der Waals surface area contributed by atoms with Gasteiger partial charge in [0.25, 0.3) is 0 Å². The molecule has 5 heteroatoms. The summed E-state index contributed by atoms with van der Waals surface area (Å²) in [5.41, 5.74) is 0. The largest absolute Gasteiger partial charge is 0.385 e. The first kappa shape index (κ1) is 15.6. The van der Waals surface area contributed by atoms with Gasteiger partial charge >= 0.3 is 0 Å². The van der Waals surface area contributed by atoms with Crippen LogP contribution in [0.1, 0.15) is 12.8 Å². The number of hydrogen-bond acceptors (Lipinski definition) is 5. The van der Waals surface area contributed by atoms with Crippen LogP contribution < -0.4 is 0 Å². The van der Waals surface area contributed by atoms with Crippen molar-refractivity contribution in [3.63, 3.8) is 0 Å². The Hall–Kier alpha value is -0.490. The van der Waals surface area contributed by atoms with Crippen molar-refractivity contribution in [2.45, 2.75) is 12.8 Å². The van der Waals surface area contributed by atoms with E-state index in [0.29, 0.717) is 32.0 Å². The summed E-state index contributed by atoms with van der Waals surface area (Å²) >= 11 is 0. The van der Waals surface area contributed by atoms with Gasteiger partial charge in [0, 0.05) is 46.9 Å². The molecule has 1 unspecified atom stereocenters. The quantitative estimate of drug-likeness (QED) is 0.567. The van der Waals surface area contributed by atoms with E-state index in [4.69, 9.17) is 14.2 Å². The molecule has 0 saturated carbocycles. The zero-order chi connectivity index (χ0) is 13.2. The van der Waals surface area contributed by atoms with Gasteiger partial charge in [0.1, 0.15) is 5.78 Å². The van der Waals surface area contributed by atoms with Crippen LogP contribution in [0.15, 0.2) is 0 Å². The van der Waals surface area contributed by atoms with Crippen LogP contribution in [0.2, 0.25) is 0 Å². The lowest BCUT2D eigenvalue weighted by Gasteiger charge is -2.28. The molecule has 0 N–H and O–H groups in total. The molecule has 1 rings (SSSR count). The Morgan fingerprint density at radius 1 is 1.28 bits per heavy atom. The highest BCUT2D eigenvalue weighted by Gasteiger charge is 2.24. The minimum atomic E-state index is 0.0261. The van der Waals surface area contributed by atoms with E-state index in [-0.39, 0.29) is 5.92 Å². The smallest absolute Gasteiger partial charge is 0.141 e. The van der Waals surface area contributed by atoms with Crippen molar-refractivity contribution in [2.24, 2.45) is 5.92 Å². The van der Waals surface area contributed by atoms with Gasteiger partial charge in [-0.1, -0.05) is 0 Å². The van der Waals surface area contributed by atoms with Crippen LogP contribution in [-0.4, -0.2) is 71.0 Å². The second-order valence-corrected chi connectivity index (χ2v) is 4.63. The van der Waals surface area contributed by atoms with Crippen LogP contribution in [0, 0.1) is 5.92 Å². The van der Waals surface area contributed by atoms with Crippen LogP contribution >= 0.6 is 0 Å². The lowest BCUT2D eigenvalue weighted by molar-refractivity contribution is -0.131. The summed E-state index contributed by atoms with van der Waals surface area (Å²) in [6, 6.07) is 0. The molecule has 106 valence electrons. The molecule has 0 radical (unpaired) electrons. The third-order valence-corrected chi connectivity index (χ3v) is 3.18. The number of ether oxygens (including phenoxy) is 3. The molecule has 0 spiro atoms. The Labute approximate surface area is 109 Å². The maximum atomic E-state index is 11.8. The van der Waals surface area contributed by atoms with Crippen molar-refractivity contribution in [3.05, 3.63) is 0 Å². The highest BCUT2D eigenvalue weighted by Crippen LogP contribution is 2.12. The number of ketones is 1. The monoisotopic (exact) mass is 259 g/mol. The van der Waals surface area contributed by atoms with E-state index >= 15 is 0 Å². The first-order valence-corrected chi connectivity index (χ1v) is 6.58. The standard InChI is InChI=1S/C13H25NO4/c1-16-7-3-5-14(6-9-17-2)10-12-11-18-8-4-13(12)15/h12H,3-11H2,1-2H3. The van der Waals surface area contributed by atoms with Gasteiger partial charge in [0.05, 0.1) is 25.7 Å². The second kappa shape index (κ2) is 9.44. The fraction of sp³-hybridized carbons (Fsp3) is 0.923. The summed E-state index contributed by atoms with van der Waals surface area (Å²) in [6.45, 7) is 5.13. The Morgan fingerprint density at radius 3 is 2.72 bits per heavy atom. The number of nitrogens with zero attached hydrogens (tertiary/aromatic N) is 1. The van der Waals surface area contributed by atoms with Gasteiger partial charge in [-0.05, 0) is 6.42 Å². The molecule has 0 bridgehead atoms. The van der Waals surface area contributed by atoms with Crippen molar-refractivity contribution in [1.29, 1.82) is 0 Å². The molecule has 1 aliphatic heterocycles. The molecule has 0 aromatic carbocycles. The molecule has 0 aromatic heterocycles. The van der Waals surface area contributed by atoms with Crippen LogP contribution in [0.3, 0.4) is 0 Å². The fourth-order valence-electron chi connectivity index (χ4n) is 2.11. The average Bonchev–Trinajstić information content (AvgIpc) is 2.38. The van der Waals surface area contributed by atoms with Crippen molar-refractivity contribution in [2.75, 3.05) is 60.3 Å². The van der Waals surface area contributed by atoms with Gasteiger partial charge in [-0.25, -0.2) is 0 Å². The first-order valence-electron chi connectivity index (χ1n) is 6.58. The first-order chi connectivity index (χ1) is 8.77. The summed E-state index contributed by atoms with van der Waals surface area (Å²) in [7, 11) is 3.40. The number of methoxy groups -OCH3 is 2. The molecular formula is C13H25NO4. The van der Waals surface area contributed by atoms with E-state index in [9.17, 15) is 4.79 Å². The van der Waals surface area contributed by atoms with Gasteiger partial charge in [0.2, 0.25) is 0 Å². The minimum Gasteiger partial charge on any atom is -0.385 e. The van der Waals surface area contributed by atoms with E-state index in [0.717, 1.165) is 32.7 Å². The second-order valence-electron chi connectivity index (χ2n) is 4.63. The molecule has 1 saturated heterocycles. The summed E-state index contributed by atoms with van der Waals surface area (Å²) in [6.07, 6.45) is 1.53. The molecule has 0 aliphatic carbocycles. The van der Waals surface area contributed by atoms with E-state index in [1.54, 1.807) is 14.2 Å². The molecule has 1 fully saturated rings. The Bertz CT molecular complexity index is 235. The zero-order valence-electron chi connectivity index (χ0n) is 11.5. The highest BCUT2D eigenvalue weighted by molar-refractivity contribution is 5.82. The van der Waals surface area contributed by atoms with Gasteiger partial charge in [0.15, 0.2) is 0 Å². The van der Waals surface area contributed by atoms with E-state index in [2.05, 4.69) is 4.90 Å². The van der Waals surface area contributed by atoms with Crippen molar-refractivity contribution < 1.29 is 19.0 Å². The Morgan fingerprint density at radius 2 is 2.06 bits per heavy atom. The van der Waals surface area contributed by atoms with E-state index in [1.807, 2.05) is 0 Å². The van der Waals surface area contributed by atoms with Gasteiger partial charge in [-0.3, -0.25) is 4.79 Å². The molecule has 0 aromatic rings.